The molecule has 0 radical (unpaired) electrons. The summed E-state index contributed by atoms with van der Waals surface area (Å²) >= 11 is 6.29. The van der Waals surface area contributed by atoms with Gasteiger partial charge in [-0.1, -0.05) is 11.6 Å². The van der Waals surface area contributed by atoms with Gasteiger partial charge in [0.25, 0.3) is 0 Å². The number of benzene rings is 1. The molecule has 0 bridgehead atoms. The van der Waals surface area contributed by atoms with Crippen LogP contribution in [0.1, 0.15) is 35.2 Å². The van der Waals surface area contributed by atoms with Crippen molar-refractivity contribution in [2.24, 2.45) is 0 Å². The molecule has 0 saturated carbocycles. The van der Waals surface area contributed by atoms with Crippen LogP contribution in [-0.2, 0) is 6.61 Å². The Hall–Kier alpha value is -2.58. The van der Waals surface area contributed by atoms with Gasteiger partial charge in [-0.25, -0.2) is 18.4 Å². The molecule has 2 aromatic rings. The molecular formula is C23H30ClF2N5O5S. The first-order chi connectivity index (χ1) is 17.8. The first-order valence-electron chi connectivity index (χ1n) is 11.9. The van der Waals surface area contributed by atoms with Crippen molar-refractivity contribution < 1.29 is 33.3 Å². The Labute approximate surface area is 222 Å². The van der Waals surface area contributed by atoms with Crippen LogP contribution in [0.4, 0.5) is 18.6 Å². The Bertz CT molecular complexity index is 1050. The molecule has 0 aliphatic carbocycles. The van der Waals surface area contributed by atoms with E-state index in [9.17, 15) is 23.5 Å². The average molecular weight is 562 g/mol. The van der Waals surface area contributed by atoms with Gasteiger partial charge >= 0.3 is 12.0 Å². The lowest BCUT2D eigenvalue weighted by molar-refractivity contribution is 0.0693. The molecule has 204 valence electrons. The predicted octanol–water partition coefficient (Wildman–Crippen LogP) is 3.25. The predicted molar refractivity (Wildman–Crippen MR) is 136 cm³/mol. The second-order valence-electron chi connectivity index (χ2n) is 8.48. The Morgan fingerprint density at radius 1 is 1.08 bits per heavy atom. The summed E-state index contributed by atoms with van der Waals surface area (Å²) in [5.74, 6) is -3.64. The van der Waals surface area contributed by atoms with Crippen molar-refractivity contribution in [3.63, 3.8) is 0 Å². The third-order valence-corrected chi connectivity index (χ3v) is 6.81. The minimum Gasteiger partial charge on any atom is -0.477 e. The molecule has 14 heteroatoms. The highest BCUT2D eigenvalue weighted by atomic mass is 35.5. The van der Waals surface area contributed by atoms with Crippen molar-refractivity contribution in [1.82, 2.24) is 19.5 Å². The molecule has 0 spiro atoms. The van der Waals surface area contributed by atoms with Crippen molar-refractivity contribution in [1.29, 1.82) is 0 Å². The summed E-state index contributed by atoms with van der Waals surface area (Å²) in [4.78, 5) is 28.7. The van der Waals surface area contributed by atoms with Gasteiger partial charge in [0.1, 0.15) is 23.2 Å². The second kappa shape index (κ2) is 14.4. The number of nitrogens with zero attached hydrogens (tertiary/aromatic N) is 3. The molecule has 1 aromatic heterocycles. The Morgan fingerprint density at radius 3 is 2.30 bits per heavy atom. The third-order valence-electron chi connectivity index (χ3n) is 5.84. The molecule has 4 N–H and O–H groups in total. The molecule has 0 unspecified atom stereocenters. The number of aliphatic hydroxyl groups is 1. The van der Waals surface area contributed by atoms with Gasteiger partial charge in [0, 0.05) is 50.9 Å². The fraction of sp³-hybridized carbons (Fsp3) is 0.522. The number of urea groups is 1. The van der Waals surface area contributed by atoms with Gasteiger partial charge in [-0.2, -0.15) is 4.37 Å². The van der Waals surface area contributed by atoms with Gasteiger partial charge in [-0.05, 0) is 49.5 Å². The molecule has 1 aliphatic heterocycles. The largest absolute Gasteiger partial charge is 0.477 e. The quantitative estimate of drug-likeness (QED) is 0.275. The molecule has 2 heterocycles. The first kappa shape index (κ1) is 29.0. The molecule has 1 saturated heterocycles. The molecule has 1 aromatic carbocycles. The van der Waals surface area contributed by atoms with E-state index in [0.717, 1.165) is 70.7 Å². The summed E-state index contributed by atoms with van der Waals surface area (Å²) in [6, 6.07) is 1.24. The highest BCUT2D eigenvalue weighted by molar-refractivity contribution is 7.11. The lowest BCUT2D eigenvalue weighted by Crippen LogP contribution is -2.46. The summed E-state index contributed by atoms with van der Waals surface area (Å²) in [5, 5.41) is 23.4. The van der Waals surface area contributed by atoms with Crippen LogP contribution >= 0.6 is 23.1 Å². The number of carbonyl (C=O) groups is 2. The first-order valence-corrected chi connectivity index (χ1v) is 13.0. The van der Waals surface area contributed by atoms with Crippen molar-refractivity contribution in [2.45, 2.75) is 25.9 Å². The van der Waals surface area contributed by atoms with Crippen LogP contribution in [0.3, 0.4) is 0 Å². The number of halogens is 3. The van der Waals surface area contributed by atoms with Crippen molar-refractivity contribution >= 4 is 40.1 Å². The summed E-state index contributed by atoms with van der Waals surface area (Å²) in [6.45, 7) is 5.76. The number of piperazine rings is 1. The van der Waals surface area contributed by atoms with E-state index in [2.05, 4.69) is 24.8 Å². The van der Waals surface area contributed by atoms with E-state index in [-0.39, 0.29) is 22.5 Å². The van der Waals surface area contributed by atoms with Gasteiger partial charge in [-0.3, -0.25) is 5.32 Å². The topological polar surface area (TPSA) is 127 Å². The number of rotatable bonds is 13. The number of carboxylic acids is 1. The standard InChI is InChI=1S/C23H30ClF2N5O5S/c24-15-12-17(25)16(18(26)13-15)14-36-20-19(22(33)34)21(37-29-20)28-23(35)27-4-1-2-5-30-7-9-31(10-8-30)6-3-11-32/h12-13,32H,1-11,14H2,(H,33,34)(H2,27,28,35). The third kappa shape index (κ3) is 8.75. The molecule has 0 atom stereocenters. The number of aromatic carboxylic acids is 1. The molecule has 3 rings (SSSR count). The van der Waals surface area contributed by atoms with E-state index in [1.54, 1.807) is 0 Å². The Balaban J connectivity index is 1.41. The lowest BCUT2D eigenvalue weighted by atomic mass is 10.2. The molecule has 37 heavy (non-hydrogen) atoms. The zero-order valence-corrected chi connectivity index (χ0v) is 21.7. The molecule has 1 aliphatic rings. The Kier molecular flexibility index (Phi) is 11.3. The van der Waals surface area contributed by atoms with E-state index in [1.165, 1.54) is 0 Å². The number of hydrogen-bond donors (Lipinski definition) is 4. The summed E-state index contributed by atoms with van der Waals surface area (Å²) in [5.41, 5.74) is -0.836. The van der Waals surface area contributed by atoms with Gasteiger partial charge < -0.3 is 30.1 Å². The number of aromatic nitrogens is 1. The van der Waals surface area contributed by atoms with Crippen LogP contribution in [0.5, 0.6) is 5.88 Å². The van der Waals surface area contributed by atoms with E-state index in [4.69, 9.17) is 21.4 Å². The maximum Gasteiger partial charge on any atom is 0.344 e. The maximum atomic E-state index is 14.0. The van der Waals surface area contributed by atoms with Crippen LogP contribution < -0.4 is 15.4 Å². The summed E-state index contributed by atoms with van der Waals surface area (Å²) in [6.07, 6.45) is 2.44. The molecular weight excluding hydrogens is 532 g/mol. The van der Waals surface area contributed by atoms with Crippen LogP contribution in [0.2, 0.25) is 5.02 Å². The summed E-state index contributed by atoms with van der Waals surface area (Å²) in [7, 11) is 0. The minimum atomic E-state index is -1.41. The monoisotopic (exact) mass is 561 g/mol. The number of aliphatic hydroxyl groups excluding tert-OH is 1. The van der Waals surface area contributed by atoms with Gasteiger partial charge in [0.2, 0.25) is 5.88 Å². The van der Waals surface area contributed by atoms with Gasteiger partial charge in [0.15, 0.2) is 5.56 Å². The minimum absolute atomic E-state index is 0.0591. The summed E-state index contributed by atoms with van der Waals surface area (Å²) < 4.78 is 37.1. The number of unbranched alkanes of at least 4 members (excludes halogenated alkanes) is 1. The fourth-order valence-electron chi connectivity index (χ4n) is 3.84. The van der Waals surface area contributed by atoms with Crippen molar-refractivity contribution in [2.75, 3.05) is 57.7 Å². The zero-order chi connectivity index (χ0) is 26.8. The number of amides is 2. The highest BCUT2D eigenvalue weighted by Crippen LogP contribution is 2.31. The van der Waals surface area contributed by atoms with E-state index in [1.807, 2.05) is 0 Å². The fourth-order valence-corrected chi connectivity index (χ4v) is 4.75. The molecule has 2 amide bonds. The number of carboxylic acid groups (broad SMARTS) is 1. The van der Waals surface area contributed by atoms with Gasteiger partial charge in [-0.15, -0.1) is 0 Å². The second-order valence-corrected chi connectivity index (χ2v) is 9.69. The Morgan fingerprint density at radius 2 is 1.70 bits per heavy atom. The number of hydrogen-bond acceptors (Lipinski definition) is 8. The smallest absolute Gasteiger partial charge is 0.344 e. The van der Waals surface area contributed by atoms with Gasteiger partial charge in [0.05, 0.1) is 5.56 Å². The van der Waals surface area contributed by atoms with Crippen LogP contribution in [0, 0.1) is 11.6 Å². The molecule has 10 nitrogen and oxygen atoms in total. The number of nitrogens with one attached hydrogen (secondary N) is 2. The lowest BCUT2D eigenvalue weighted by Gasteiger charge is -2.34. The van der Waals surface area contributed by atoms with Crippen LogP contribution in [-0.4, -0.2) is 88.8 Å². The maximum absolute atomic E-state index is 14.0. The normalized spacial score (nSPS) is 14.5. The number of anilines is 1. The molecule has 1 fully saturated rings. The SMILES string of the molecule is O=C(NCCCCN1CCN(CCCO)CC1)Nc1snc(OCc2c(F)cc(Cl)cc2F)c1C(=O)O. The van der Waals surface area contributed by atoms with Crippen LogP contribution in [0.25, 0.3) is 0 Å². The van der Waals surface area contributed by atoms with Crippen LogP contribution in [0.15, 0.2) is 12.1 Å². The van der Waals surface area contributed by atoms with E-state index in [0.29, 0.717) is 18.1 Å². The highest BCUT2D eigenvalue weighted by Gasteiger charge is 2.24. The van der Waals surface area contributed by atoms with E-state index >= 15 is 0 Å². The van der Waals surface area contributed by atoms with Crippen molar-refractivity contribution in [3.8, 4) is 5.88 Å². The number of carbonyl (C=O) groups excluding carboxylic acids is 1. The number of ether oxygens (including phenoxy) is 1. The average Bonchev–Trinajstić information content (AvgIpc) is 3.25. The zero-order valence-electron chi connectivity index (χ0n) is 20.1. The van der Waals surface area contributed by atoms with Crippen molar-refractivity contribution in [3.05, 3.63) is 39.9 Å². The van der Waals surface area contributed by atoms with E-state index < -0.39 is 41.4 Å².